The van der Waals surface area contributed by atoms with Crippen molar-refractivity contribution in [2.45, 2.75) is 139 Å². The van der Waals surface area contributed by atoms with Crippen molar-refractivity contribution in [3.05, 3.63) is 36.5 Å². The second-order valence-corrected chi connectivity index (χ2v) is 20.2. The number of halogens is 6. The Morgan fingerprint density at radius 3 is 2.40 bits per heavy atom. The fourth-order valence-electron chi connectivity index (χ4n) is 8.83. The van der Waals surface area contributed by atoms with Crippen LogP contribution in [0.3, 0.4) is 0 Å². The molecular formula is C41H50F6N6O9S. The van der Waals surface area contributed by atoms with Gasteiger partial charge >= 0.3 is 12.7 Å². The highest BCUT2D eigenvalue weighted by Gasteiger charge is 2.67. The number of rotatable bonds is 9. The molecule has 1 aromatic heterocycles. The van der Waals surface area contributed by atoms with Crippen molar-refractivity contribution in [3.8, 4) is 11.6 Å². The van der Waals surface area contributed by atoms with Crippen LogP contribution in [0.4, 0.5) is 31.1 Å². The first kappa shape index (κ1) is 46.1. The van der Waals surface area contributed by atoms with Crippen LogP contribution in [0.2, 0.25) is 0 Å². The second-order valence-electron chi connectivity index (χ2n) is 18.2. The van der Waals surface area contributed by atoms with Crippen molar-refractivity contribution in [2.24, 2.45) is 23.2 Å². The molecule has 3 N–H and O–H groups in total. The molecule has 0 radical (unpaired) electrons. The average Bonchev–Trinajstić information content (AvgIpc) is 4.10. The van der Waals surface area contributed by atoms with Gasteiger partial charge in [0.25, 0.3) is 11.8 Å². The summed E-state index contributed by atoms with van der Waals surface area (Å²) in [6, 6.07) is 0.220. The van der Waals surface area contributed by atoms with Gasteiger partial charge in [-0.2, -0.15) is 17.6 Å². The lowest BCUT2D eigenvalue weighted by Crippen LogP contribution is -2.60. The molecule has 2 aliphatic heterocycles. The summed E-state index contributed by atoms with van der Waals surface area (Å²) in [6.07, 6.45) is -4.17. The van der Waals surface area contributed by atoms with Gasteiger partial charge in [-0.05, 0) is 74.3 Å². The van der Waals surface area contributed by atoms with Crippen molar-refractivity contribution in [2.75, 3.05) is 6.54 Å². The number of fused-ring (bicyclic) bond motifs is 5. The Bertz CT molecular complexity index is 2240. The molecule has 4 fully saturated rings. The maximum Gasteiger partial charge on any atom is 0.408 e. The monoisotopic (exact) mass is 916 g/mol. The Kier molecular flexibility index (Phi) is 12.6. The summed E-state index contributed by atoms with van der Waals surface area (Å²) in [6.45, 7) is 4.95. The summed E-state index contributed by atoms with van der Waals surface area (Å²) in [4.78, 5) is 65.5. The van der Waals surface area contributed by atoms with E-state index in [1.165, 1.54) is 6.07 Å². The Labute approximate surface area is 359 Å². The molecule has 2 aromatic rings. The van der Waals surface area contributed by atoms with Gasteiger partial charge in [-0.1, -0.05) is 33.3 Å². The largest absolute Gasteiger partial charge is 0.471 e. The van der Waals surface area contributed by atoms with E-state index < -0.39 is 137 Å². The number of hydrogen-bond acceptors (Lipinski definition) is 11. The highest BCUT2D eigenvalue weighted by Crippen LogP contribution is 2.49. The second kappa shape index (κ2) is 17.2. The highest BCUT2D eigenvalue weighted by atomic mass is 32.2. The quantitative estimate of drug-likeness (QED) is 0.206. The Balaban J connectivity index is 1.28. The number of allylic oxidation sites excluding steroid dienone is 1. The van der Waals surface area contributed by atoms with Gasteiger partial charge in [0.05, 0.1) is 28.7 Å². The van der Waals surface area contributed by atoms with Crippen LogP contribution in [0, 0.1) is 23.2 Å². The average molecular weight is 917 g/mol. The van der Waals surface area contributed by atoms with Gasteiger partial charge in [-0.15, -0.1) is 6.58 Å². The molecule has 5 aliphatic rings. The van der Waals surface area contributed by atoms with Crippen molar-refractivity contribution < 1.29 is 68.1 Å². The van der Waals surface area contributed by atoms with Crippen LogP contribution in [0.1, 0.15) is 90.7 Å². The molecule has 15 nitrogen and oxygen atoms in total. The minimum Gasteiger partial charge on any atom is -0.471 e. The van der Waals surface area contributed by atoms with Gasteiger partial charge in [-0.3, -0.25) is 19.1 Å². The van der Waals surface area contributed by atoms with E-state index in [4.69, 9.17) is 9.47 Å². The van der Waals surface area contributed by atoms with Crippen molar-refractivity contribution in [1.29, 1.82) is 0 Å². The molecule has 63 heavy (non-hydrogen) atoms. The predicted molar refractivity (Wildman–Crippen MR) is 211 cm³/mol. The Hall–Kier alpha value is -4.89. The molecule has 8 atom stereocenters. The van der Waals surface area contributed by atoms with Crippen LogP contribution in [-0.2, 0) is 35.1 Å². The molecular weight excluding hydrogens is 867 g/mol. The van der Waals surface area contributed by atoms with Crippen LogP contribution < -0.4 is 24.8 Å². The molecule has 4 amide bonds. The summed E-state index contributed by atoms with van der Waals surface area (Å²) in [5.41, 5.74) is -4.68. The first-order chi connectivity index (χ1) is 29.5. The zero-order valence-electron chi connectivity index (χ0n) is 34.8. The lowest BCUT2D eigenvalue weighted by molar-refractivity contribution is -0.143. The molecule has 1 aromatic carbocycles. The van der Waals surface area contributed by atoms with E-state index in [1.807, 2.05) is 4.72 Å². The van der Waals surface area contributed by atoms with Gasteiger partial charge in [0.1, 0.15) is 35.6 Å². The summed E-state index contributed by atoms with van der Waals surface area (Å²) in [5.74, 6) is -10.3. The number of nitrogens with one attached hydrogen (secondary N) is 3. The maximum atomic E-state index is 16.4. The van der Waals surface area contributed by atoms with Gasteiger partial charge < -0.3 is 29.7 Å². The van der Waals surface area contributed by atoms with Crippen molar-refractivity contribution >= 4 is 44.9 Å². The standard InChI is InChI=1S/C41H50F6N6O9S/c1-5-20-14-21-8-6-7-13-41(46,47)30-34(49-27-16-22(61-37(44)45)9-12-26(27)48-30)60-23-17-28(53(19-23)35(55)31(39(2,3)4)50-38(57)62-29(21)15-20)33(54)51-40(18-25(40)32(42)43)36(56)52-63(58,59)24-10-11-24/h5,9,12,16,20-21,23-25,28-29,31-32,37H,1,6-8,10-11,13-15,17-19H2,2-4H3,(H,50,57)(H,51,54)(H,52,56)/t20-,21-,23-,25+,28+,29-,31-,40-/m1/s1. The highest BCUT2D eigenvalue weighted by molar-refractivity contribution is 7.91. The van der Waals surface area contributed by atoms with E-state index in [1.54, 1.807) is 26.8 Å². The van der Waals surface area contributed by atoms with Crippen molar-refractivity contribution in [1.82, 2.24) is 30.2 Å². The van der Waals surface area contributed by atoms with E-state index in [-0.39, 0.29) is 47.9 Å². The molecule has 7 rings (SSSR count). The zero-order valence-corrected chi connectivity index (χ0v) is 35.6. The van der Waals surface area contributed by atoms with E-state index in [0.29, 0.717) is 25.7 Å². The van der Waals surface area contributed by atoms with Crippen LogP contribution >= 0.6 is 0 Å². The number of carbonyl (C=O) groups excluding carboxylic acids is 4. The molecule has 3 aliphatic carbocycles. The first-order valence-electron chi connectivity index (χ1n) is 20.9. The number of nitrogens with zero attached hydrogens (tertiary/aromatic N) is 3. The molecule has 2 bridgehead atoms. The normalized spacial score (nSPS) is 30.3. The SMILES string of the molecule is C=C[C@@H]1C[C@H]2CCCCC(F)(F)c3nc4ccc(OC(F)F)cc4nc3O[C@@H]3C[C@@H](C(=O)N[C@]4(C(=O)NS(=O)(=O)C5CC5)C[C@H]4C(F)F)N(C3)C(=O)[C@H](C(C)(C)C)NC(=O)O[C@@H]2C1. The first-order valence-corrected chi connectivity index (χ1v) is 22.4. The van der Waals surface area contributed by atoms with Gasteiger partial charge in [0.2, 0.25) is 34.1 Å². The number of sulfonamides is 1. The van der Waals surface area contributed by atoms with Crippen LogP contribution in [0.15, 0.2) is 30.9 Å². The molecule has 0 unspecified atom stereocenters. The van der Waals surface area contributed by atoms with E-state index in [0.717, 1.165) is 17.0 Å². The number of ether oxygens (including phenoxy) is 3. The predicted octanol–water partition coefficient (Wildman–Crippen LogP) is 5.72. The Morgan fingerprint density at radius 1 is 1.03 bits per heavy atom. The topological polar surface area (TPSA) is 195 Å². The number of aromatic nitrogens is 2. The molecule has 1 saturated heterocycles. The fourth-order valence-corrected chi connectivity index (χ4v) is 10.2. The molecule has 3 saturated carbocycles. The number of hydrogen-bond donors (Lipinski definition) is 3. The number of alkyl carbamates (subject to hydrolysis) is 1. The maximum absolute atomic E-state index is 16.4. The number of amides is 4. The summed E-state index contributed by atoms with van der Waals surface area (Å²) >= 11 is 0. The summed E-state index contributed by atoms with van der Waals surface area (Å²) in [7, 11) is -4.25. The number of benzene rings is 1. The van der Waals surface area contributed by atoms with Gasteiger partial charge in [0.15, 0.2) is 5.69 Å². The van der Waals surface area contributed by atoms with E-state index in [2.05, 4.69) is 31.9 Å². The Morgan fingerprint density at radius 2 is 1.76 bits per heavy atom. The lowest BCUT2D eigenvalue weighted by atomic mass is 9.85. The van der Waals surface area contributed by atoms with E-state index >= 15 is 8.78 Å². The smallest absolute Gasteiger partial charge is 0.408 e. The molecule has 22 heteroatoms. The van der Waals surface area contributed by atoms with Gasteiger partial charge in [0, 0.05) is 18.9 Å². The summed E-state index contributed by atoms with van der Waals surface area (Å²) < 4.78 is 131. The van der Waals surface area contributed by atoms with E-state index in [9.17, 15) is 45.2 Å². The van der Waals surface area contributed by atoms with Gasteiger partial charge in [-0.25, -0.2) is 32.0 Å². The van der Waals surface area contributed by atoms with Crippen LogP contribution in [-0.4, -0.2) is 102 Å². The minimum atomic E-state index is -4.25. The third kappa shape index (κ3) is 9.94. The lowest BCUT2D eigenvalue weighted by Gasteiger charge is -2.35. The summed E-state index contributed by atoms with van der Waals surface area (Å²) in [5, 5.41) is 4.02. The molecule has 0 spiro atoms. The third-order valence-corrected chi connectivity index (χ3v) is 14.3. The zero-order chi connectivity index (χ0) is 45.8. The molecule has 3 heterocycles. The third-order valence-electron chi connectivity index (χ3n) is 12.5. The van der Waals surface area contributed by atoms with Crippen molar-refractivity contribution in [3.63, 3.8) is 0 Å². The van der Waals surface area contributed by atoms with Crippen LogP contribution in [0.5, 0.6) is 11.6 Å². The minimum absolute atomic E-state index is 0.0154. The number of alkyl halides is 6. The number of carbonyl (C=O) groups is 4. The van der Waals surface area contributed by atoms with Crippen LogP contribution in [0.25, 0.3) is 11.0 Å². The fraction of sp³-hybridized carbons (Fsp3) is 0.659. The molecule has 346 valence electrons.